The molecule has 19 heavy (non-hydrogen) atoms. The van der Waals surface area contributed by atoms with E-state index in [4.69, 9.17) is 11.6 Å². The van der Waals surface area contributed by atoms with Gasteiger partial charge in [-0.3, -0.25) is 0 Å². The van der Waals surface area contributed by atoms with Gasteiger partial charge in [0.05, 0.1) is 20.1 Å². The molecule has 0 aromatic heterocycles. The van der Waals surface area contributed by atoms with Gasteiger partial charge in [-0.05, 0) is 36.5 Å². The van der Waals surface area contributed by atoms with Crippen LogP contribution in [0.15, 0.2) is 24.3 Å². The Balaban J connectivity index is 2.31. The zero-order valence-corrected chi connectivity index (χ0v) is 13.4. The van der Waals surface area contributed by atoms with Crippen LogP contribution >= 0.6 is 11.6 Å². The topological polar surface area (TPSA) is 4.44 Å². The average Bonchev–Trinajstić information content (AvgIpc) is 2.28. The monoisotopic (exact) mass is 280 g/mol. The number of quaternary nitrogens is 1. The van der Waals surface area contributed by atoms with E-state index in [0.717, 1.165) is 10.9 Å². The molecule has 1 fully saturated rings. The summed E-state index contributed by atoms with van der Waals surface area (Å²) in [6.45, 7) is 4.67. The fraction of sp³-hybridized carbons (Fsp3) is 0.647. The molecular formula is C17H27ClN+. The van der Waals surface area contributed by atoms with Crippen LogP contribution in [-0.2, 0) is 5.41 Å². The summed E-state index contributed by atoms with van der Waals surface area (Å²) in [5, 5.41) is 0.843. The van der Waals surface area contributed by atoms with Crippen molar-refractivity contribution in [3.63, 3.8) is 0 Å². The minimum absolute atomic E-state index is 0.383. The van der Waals surface area contributed by atoms with Crippen molar-refractivity contribution < 1.29 is 4.90 Å². The highest BCUT2D eigenvalue weighted by Gasteiger charge is 2.48. The molecule has 0 saturated heterocycles. The third kappa shape index (κ3) is 2.98. The summed E-state index contributed by atoms with van der Waals surface area (Å²) >= 11 is 6.04. The van der Waals surface area contributed by atoms with Crippen LogP contribution in [0.5, 0.6) is 0 Å². The van der Waals surface area contributed by atoms with E-state index in [1.165, 1.54) is 31.2 Å². The zero-order valence-electron chi connectivity index (χ0n) is 12.7. The SMILES string of the molecule is CC(C)C[C@H]([NH+](C)C)C1(c2ccc(Cl)cc2)CCC1. The third-order valence-corrected chi connectivity index (χ3v) is 4.99. The van der Waals surface area contributed by atoms with Gasteiger partial charge in [-0.25, -0.2) is 0 Å². The first-order valence-electron chi connectivity index (χ1n) is 7.52. The fourth-order valence-electron chi connectivity index (χ4n) is 3.66. The lowest BCUT2D eigenvalue weighted by Gasteiger charge is -2.49. The number of hydrogen-bond acceptors (Lipinski definition) is 0. The number of nitrogens with one attached hydrogen (secondary N) is 1. The molecule has 2 rings (SSSR count). The minimum Gasteiger partial charge on any atom is -0.337 e. The first kappa shape index (κ1) is 14.9. The summed E-state index contributed by atoms with van der Waals surface area (Å²) in [5.41, 5.74) is 1.88. The van der Waals surface area contributed by atoms with Gasteiger partial charge in [-0.1, -0.05) is 44.0 Å². The molecule has 0 radical (unpaired) electrons. The number of benzene rings is 1. The largest absolute Gasteiger partial charge is 0.337 e. The Kier molecular flexibility index (Phi) is 4.58. The maximum Gasteiger partial charge on any atom is 0.0970 e. The summed E-state index contributed by atoms with van der Waals surface area (Å²) in [6.07, 6.45) is 5.32. The third-order valence-electron chi connectivity index (χ3n) is 4.74. The summed E-state index contributed by atoms with van der Waals surface area (Å²) in [4.78, 5) is 1.59. The molecule has 0 bridgehead atoms. The van der Waals surface area contributed by atoms with Crippen LogP contribution in [0.3, 0.4) is 0 Å². The van der Waals surface area contributed by atoms with E-state index in [-0.39, 0.29) is 0 Å². The highest BCUT2D eigenvalue weighted by molar-refractivity contribution is 6.30. The van der Waals surface area contributed by atoms with Crippen molar-refractivity contribution in [2.75, 3.05) is 14.1 Å². The molecule has 1 saturated carbocycles. The molecule has 0 unspecified atom stereocenters. The molecule has 0 heterocycles. The highest BCUT2D eigenvalue weighted by Crippen LogP contribution is 2.47. The second kappa shape index (κ2) is 5.85. The lowest BCUT2D eigenvalue weighted by molar-refractivity contribution is -0.893. The number of rotatable bonds is 5. The molecule has 1 atom stereocenters. The predicted octanol–water partition coefficient (Wildman–Crippen LogP) is 3.32. The molecule has 2 heteroatoms. The van der Waals surface area contributed by atoms with Crippen molar-refractivity contribution in [2.24, 2.45) is 5.92 Å². The average molecular weight is 281 g/mol. The molecule has 1 aliphatic rings. The number of likely N-dealkylation sites (N-methyl/N-ethyl adjacent to an activating group) is 1. The fourth-order valence-corrected chi connectivity index (χ4v) is 3.79. The van der Waals surface area contributed by atoms with Crippen LogP contribution < -0.4 is 4.90 Å². The molecule has 1 aliphatic carbocycles. The van der Waals surface area contributed by atoms with E-state index < -0.39 is 0 Å². The van der Waals surface area contributed by atoms with Crippen LogP contribution in [0.25, 0.3) is 0 Å². The Bertz CT molecular complexity index is 404. The van der Waals surface area contributed by atoms with Crippen molar-refractivity contribution in [3.05, 3.63) is 34.9 Å². The first-order chi connectivity index (χ1) is 8.95. The molecule has 1 nitrogen and oxygen atoms in total. The Hall–Kier alpha value is -0.530. The van der Waals surface area contributed by atoms with E-state index in [2.05, 4.69) is 40.1 Å². The van der Waals surface area contributed by atoms with Gasteiger partial charge in [-0.15, -0.1) is 0 Å². The van der Waals surface area contributed by atoms with Gasteiger partial charge < -0.3 is 4.90 Å². The molecule has 106 valence electrons. The Labute approximate surface area is 123 Å². The zero-order chi connectivity index (χ0) is 14.0. The van der Waals surface area contributed by atoms with Crippen molar-refractivity contribution in [1.29, 1.82) is 0 Å². The number of halogens is 1. The second-order valence-electron chi connectivity index (χ2n) is 6.78. The van der Waals surface area contributed by atoms with Gasteiger partial charge in [0.15, 0.2) is 0 Å². The molecule has 0 aliphatic heterocycles. The maximum atomic E-state index is 6.04. The quantitative estimate of drug-likeness (QED) is 0.844. The van der Waals surface area contributed by atoms with Crippen LogP contribution in [-0.4, -0.2) is 20.1 Å². The summed E-state index contributed by atoms with van der Waals surface area (Å²) in [7, 11) is 4.62. The van der Waals surface area contributed by atoms with Gasteiger partial charge in [0.25, 0.3) is 0 Å². The Morgan fingerprint density at radius 2 is 1.74 bits per heavy atom. The smallest absolute Gasteiger partial charge is 0.0970 e. The van der Waals surface area contributed by atoms with Gasteiger partial charge in [0.1, 0.15) is 0 Å². The molecule has 0 spiro atoms. The van der Waals surface area contributed by atoms with Gasteiger partial charge in [0.2, 0.25) is 0 Å². The Morgan fingerprint density at radius 3 is 2.11 bits per heavy atom. The van der Waals surface area contributed by atoms with E-state index in [0.29, 0.717) is 11.5 Å². The normalized spacial score (nSPS) is 19.5. The number of hydrogen-bond donors (Lipinski definition) is 1. The molecular weight excluding hydrogens is 254 g/mol. The van der Waals surface area contributed by atoms with E-state index in [1.807, 2.05) is 12.1 Å². The predicted molar refractivity (Wildman–Crippen MR) is 83.0 cm³/mol. The lowest BCUT2D eigenvalue weighted by atomic mass is 9.58. The Morgan fingerprint density at radius 1 is 1.16 bits per heavy atom. The van der Waals surface area contributed by atoms with Crippen LogP contribution in [0, 0.1) is 5.92 Å². The van der Waals surface area contributed by atoms with Crippen molar-refractivity contribution in [1.82, 2.24) is 0 Å². The maximum absolute atomic E-state index is 6.04. The van der Waals surface area contributed by atoms with E-state index >= 15 is 0 Å². The molecule has 1 N–H and O–H groups in total. The van der Waals surface area contributed by atoms with Crippen molar-refractivity contribution in [3.8, 4) is 0 Å². The van der Waals surface area contributed by atoms with Crippen LogP contribution in [0.2, 0.25) is 5.02 Å². The van der Waals surface area contributed by atoms with Gasteiger partial charge >= 0.3 is 0 Å². The second-order valence-corrected chi connectivity index (χ2v) is 7.21. The van der Waals surface area contributed by atoms with E-state index in [9.17, 15) is 0 Å². The molecule has 0 amide bonds. The lowest BCUT2D eigenvalue weighted by Crippen LogP contribution is -3.12. The van der Waals surface area contributed by atoms with Crippen molar-refractivity contribution >= 4 is 11.6 Å². The van der Waals surface area contributed by atoms with Gasteiger partial charge in [0, 0.05) is 16.9 Å². The summed E-state index contributed by atoms with van der Waals surface area (Å²) in [5.74, 6) is 0.754. The van der Waals surface area contributed by atoms with Crippen LogP contribution in [0.4, 0.5) is 0 Å². The highest BCUT2D eigenvalue weighted by atomic mass is 35.5. The summed E-state index contributed by atoms with van der Waals surface area (Å²) < 4.78 is 0. The standard InChI is InChI=1S/C17H26ClN/c1-13(2)12-16(19(3)4)17(10-5-11-17)14-6-8-15(18)9-7-14/h6-9,13,16H,5,10-12H2,1-4H3/p+1/t16-/m0/s1. The van der Waals surface area contributed by atoms with Crippen molar-refractivity contribution in [2.45, 2.75) is 51.0 Å². The van der Waals surface area contributed by atoms with E-state index in [1.54, 1.807) is 4.90 Å². The van der Waals surface area contributed by atoms with Gasteiger partial charge in [-0.2, -0.15) is 0 Å². The summed E-state index contributed by atoms with van der Waals surface area (Å²) in [6, 6.07) is 9.31. The first-order valence-corrected chi connectivity index (χ1v) is 7.89. The molecule has 1 aromatic rings. The van der Waals surface area contributed by atoms with Crippen LogP contribution in [0.1, 0.15) is 45.1 Å². The minimum atomic E-state index is 0.383. The molecule has 1 aromatic carbocycles.